The number of benzene rings is 4. The van der Waals surface area contributed by atoms with Crippen molar-refractivity contribution in [2.24, 2.45) is 10.8 Å². The standard InChI is InChI=1S/C63H80FN11O8/c1-35(43-20-14-15-23-47(43)64)67-57(79)50-31-39-26-27-41(30-40(39)33-74(50)59(81)52(62(4,5)6)71-54(76)36(2)65-10)68-56(78)46-22-17-25-49-45(46)28-29-73(49)61(83)69-42-32-51(58(80)70-48-24-16-19-38-18-12-13-21-44(38)48)75(34-42)60(82)53(63(7,8)9)72-55(77)37(3)66-11/h12-15,17-18,20-23,25-30,35-37,42,48,50-53,65-66H,16,19,24,31-34H2,1-11H3,(H,67,79)(H,68,78)(H,69,83)(H,70,80)(H,71,76)(H,72,77)/t35-,36+,37+,42+,48-,50+,51+,52-,53-/m1/s1. The van der Waals surface area contributed by atoms with Crippen molar-refractivity contribution >= 4 is 64.0 Å². The lowest BCUT2D eigenvalue weighted by molar-refractivity contribution is -0.147. The van der Waals surface area contributed by atoms with Gasteiger partial charge in [-0.2, -0.15) is 0 Å². The Morgan fingerprint density at radius 1 is 0.651 bits per heavy atom. The molecule has 1 saturated heterocycles. The van der Waals surface area contributed by atoms with Gasteiger partial charge in [-0.25, -0.2) is 9.18 Å². The molecule has 83 heavy (non-hydrogen) atoms. The van der Waals surface area contributed by atoms with Gasteiger partial charge in [0, 0.05) is 47.9 Å². The lowest BCUT2D eigenvalue weighted by Crippen LogP contribution is -2.62. The van der Waals surface area contributed by atoms with Crippen LogP contribution in [0.5, 0.6) is 0 Å². The SMILES string of the molecule is CN[C@@H](C)C(=O)N[C@H](C(=O)N1Cc2cc(NC(=O)c3cccc4c3ccn4C(=O)N[C@H]3C[C@@H](C(=O)N[C@@H]4CCCc5ccccc54)N(C(=O)[C@@H](NC(=O)[C@H](C)NC)C(C)(C)C)C3)ccc2C[C@H]1C(=O)N[C@H](C)c1ccccc1F)C(C)(C)C. The van der Waals surface area contributed by atoms with Gasteiger partial charge in [-0.15, -0.1) is 0 Å². The molecular formula is C63H80FN11O8. The third-order valence-electron chi connectivity index (χ3n) is 16.5. The van der Waals surface area contributed by atoms with Crippen LogP contribution in [0, 0.1) is 16.6 Å². The number of carbonyl (C=O) groups is 8. The number of likely N-dealkylation sites (N-methyl/N-ethyl adjacent to an activating group) is 2. The Morgan fingerprint density at radius 3 is 1.94 bits per heavy atom. The lowest BCUT2D eigenvalue weighted by Gasteiger charge is -2.41. The van der Waals surface area contributed by atoms with Gasteiger partial charge in [0.2, 0.25) is 35.4 Å². The highest BCUT2D eigenvalue weighted by Gasteiger charge is 2.47. The maximum atomic E-state index is 14.9. The van der Waals surface area contributed by atoms with Crippen LogP contribution in [-0.2, 0) is 48.2 Å². The number of nitrogens with zero attached hydrogens (tertiary/aromatic N) is 3. The fourth-order valence-electron chi connectivity index (χ4n) is 11.4. The molecule has 20 heteroatoms. The van der Waals surface area contributed by atoms with Crippen LogP contribution in [0.2, 0.25) is 0 Å². The number of hydrogen-bond acceptors (Lipinski definition) is 10. The van der Waals surface area contributed by atoms with E-state index in [0.29, 0.717) is 22.2 Å². The third kappa shape index (κ3) is 13.6. The number of fused-ring (bicyclic) bond motifs is 3. The summed E-state index contributed by atoms with van der Waals surface area (Å²) in [6, 6.07) is 18.5. The van der Waals surface area contributed by atoms with E-state index < -0.39 is 101 Å². The maximum absolute atomic E-state index is 14.9. The first-order chi connectivity index (χ1) is 39.3. The number of anilines is 1. The van der Waals surface area contributed by atoms with Gasteiger partial charge in [0.1, 0.15) is 30.0 Å². The van der Waals surface area contributed by atoms with Gasteiger partial charge in [-0.3, -0.25) is 38.1 Å². The first kappa shape index (κ1) is 61.1. The van der Waals surface area contributed by atoms with Crippen molar-refractivity contribution in [3.05, 3.63) is 136 Å². The molecule has 3 heterocycles. The van der Waals surface area contributed by atoms with Gasteiger partial charge in [-0.05, 0) is 130 Å². The van der Waals surface area contributed by atoms with Gasteiger partial charge in [0.25, 0.3) is 5.91 Å². The van der Waals surface area contributed by atoms with E-state index in [4.69, 9.17) is 0 Å². The van der Waals surface area contributed by atoms with E-state index in [9.17, 15) is 42.7 Å². The summed E-state index contributed by atoms with van der Waals surface area (Å²) in [5.74, 6) is -3.56. The number of aryl methyl sites for hydroxylation is 1. The number of hydrogen-bond donors (Lipinski definition) is 8. The maximum Gasteiger partial charge on any atom is 0.326 e. The number of amides is 8. The summed E-state index contributed by atoms with van der Waals surface area (Å²) >= 11 is 0. The van der Waals surface area contributed by atoms with Crippen LogP contribution in [-0.4, -0.2) is 125 Å². The molecule has 1 aromatic heterocycles. The summed E-state index contributed by atoms with van der Waals surface area (Å²) in [5, 5.41) is 24.3. The Hall–Kier alpha value is -7.97. The Balaban J connectivity index is 1.02. The van der Waals surface area contributed by atoms with Crippen molar-refractivity contribution in [2.75, 3.05) is 26.0 Å². The second-order valence-electron chi connectivity index (χ2n) is 24.5. The van der Waals surface area contributed by atoms with Crippen molar-refractivity contribution in [3.8, 4) is 0 Å². The number of rotatable bonds is 16. The zero-order valence-corrected chi connectivity index (χ0v) is 49.4. The molecule has 1 aliphatic carbocycles. The van der Waals surface area contributed by atoms with Crippen LogP contribution >= 0.6 is 0 Å². The van der Waals surface area contributed by atoms with E-state index in [1.165, 1.54) is 20.4 Å². The highest BCUT2D eigenvalue weighted by molar-refractivity contribution is 6.13. The molecule has 4 aromatic carbocycles. The smallest absolute Gasteiger partial charge is 0.326 e. The first-order valence-corrected chi connectivity index (χ1v) is 28.6. The molecule has 0 bridgehead atoms. The zero-order valence-electron chi connectivity index (χ0n) is 49.4. The average Bonchev–Trinajstić information content (AvgIpc) is 3.92. The van der Waals surface area contributed by atoms with Gasteiger partial charge in [-0.1, -0.05) is 96.1 Å². The summed E-state index contributed by atoms with van der Waals surface area (Å²) in [4.78, 5) is 117. The molecule has 8 rings (SSSR count). The summed E-state index contributed by atoms with van der Waals surface area (Å²) < 4.78 is 16.3. The average molecular weight is 1140 g/mol. The van der Waals surface area contributed by atoms with Crippen LogP contribution < -0.4 is 42.5 Å². The summed E-state index contributed by atoms with van der Waals surface area (Å²) in [6.45, 7) is 16.0. The number of carbonyl (C=O) groups excluding carboxylic acids is 8. The molecule has 8 N–H and O–H groups in total. The fraction of sp³-hybridized carbons (Fsp3) is 0.460. The van der Waals surface area contributed by atoms with E-state index in [2.05, 4.69) is 48.6 Å². The van der Waals surface area contributed by atoms with Gasteiger partial charge < -0.3 is 52.3 Å². The Kier molecular flexibility index (Phi) is 18.6. The first-order valence-electron chi connectivity index (χ1n) is 28.6. The minimum atomic E-state index is -1.05. The van der Waals surface area contributed by atoms with E-state index in [1.807, 2.05) is 59.7 Å². The second-order valence-corrected chi connectivity index (χ2v) is 24.5. The fourth-order valence-corrected chi connectivity index (χ4v) is 11.4. The van der Waals surface area contributed by atoms with E-state index in [1.54, 1.807) is 102 Å². The Bertz CT molecular complexity index is 3290. The van der Waals surface area contributed by atoms with Crippen LogP contribution in [0.3, 0.4) is 0 Å². The Morgan fingerprint density at radius 2 is 1.29 bits per heavy atom. The number of aromatic nitrogens is 1. The van der Waals surface area contributed by atoms with Gasteiger partial charge >= 0.3 is 6.03 Å². The largest absolute Gasteiger partial charge is 0.348 e. The van der Waals surface area contributed by atoms with Crippen LogP contribution in [0.4, 0.5) is 14.9 Å². The number of likely N-dealkylation sites (tertiary alicyclic amines) is 1. The molecule has 5 aromatic rings. The van der Waals surface area contributed by atoms with E-state index in [0.717, 1.165) is 36.0 Å². The number of halogens is 1. The topological polar surface area (TPSA) is 244 Å². The van der Waals surface area contributed by atoms with Crippen LogP contribution in [0.1, 0.15) is 132 Å². The zero-order chi connectivity index (χ0) is 60.2. The van der Waals surface area contributed by atoms with E-state index >= 15 is 0 Å². The van der Waals surface area contributed by atoms with Crippen molar-refractivity contribution < 1.29 is 42.7 Å². The molecule has 442 valence electrons. The minimum Gasteiger partial charge on any atom is -0.348 e. The molecule has 9 atom stereocenters. The molecule has 2 aliphatic heterocycles. The van der Waals surface area contributed by atoms with E-state index in [-0.39, 0.29) is 54.9 Å². The highest BCUT2D eigenvalue weighted by atomic mass is 19.1. The molecule has 1 fully saturated rings. The summed E-state index contributed by atoms with van der Waals surface area (Å²) in [7, 11) is 3.29. The van der Waals surface area contributed by atoms with Gasteiger partial charge in [0.15, 0.2) is 0 Å². The van der Waals surface area contributed by atoms with Crippen molar-refractivity contribution in [2.45, 2.75) is 155 Å². The monoisotopic (exact) mass is 1140 g/mol. The van der Waals surface area contributed by atoms with Crippen molar-refractivity contribution in [3.63, 3.8) is 0 Å². The molecule has 0 radical (unpaired) electrons. The normalized spacial score (nSPS) is 19.7. The molecule has 0 spiro atoms. The Labute approximate surface area is 485 Å². The summed E-state index contributed by atoms with van der Waals surface area (Å²) in [5.41, 5.74) is 3.39. The molecular weight excluding hydrogens is 1060 g/mol. The van der Waals surface area contributed by atoms with Crippen molar-refractivity contribution in [1.29, 1.82) is 0 Å². The molecule has 8 amide bonds. The predicted molar refractivity (Wildman–Crippen MR) is 315 cm³/mol. The minimum absolute atomic E-state index is 0.0142. The van der Waals surface area contributed by atoms with Crippen molar-refractivity contribution in [1.82, 2.24) is 51.6 Å². The predicted octanol–water partition coefficient (Wildman–Crippen LogP) is 6.16. The van der Waals surface area contributed by atoms with Gasteiger partial charge in [0.05, 0.1) is 35.7 Å². The summed E-state index contributed by atoms with van der Waals surface area (Å²) in [6.07, 6.45) is 4.23. The highest BCUT2D eigenvalue weighted by Crippen LogP contribution is 2.34. The van der Waals surface area contributed by atoms with Crippen LogP contribution in [0.25, 0.3) is 10.9 Å². The van der Waals surface area contributed by atoms with Crippen LogP contribution in [0.15, 0.2) is 97.2 Å². The number of nitrogens with one attached hydrogen (secondary N) is 8. The second kappa shape index (κ2) is 25.3. The quantitative estimate of drug-likeness (QED) is 0.0559. The molecule has 3 aliphatic rings. The lowest BCUT2D eigenvalue weighted by atomic mass is 9.84. The molecule has 0 saturated carbocycles. The molecule has 19 nitrogen and oxygen atoms in total. The molecule has 0 unspecified atom stereocenters. The third-order valence-corrected chi connectivity index (χ3v) is 16.5.